The zero-order chi connectivity index (χ0) is 22.4. The molecule has 162 valence electrons. The van der Waals surface area contributed by atoms with Crippen molar-refractivity contribution in [3.8, 4) is 0 Å². The van der Waals surface area contributed by atoms with Crippen LogP contribution in [0.4, 0.5) is 0 Å². The number of fused-ring (bicyclic) bond motifs is 1. The van der Waals surface area contributed by atoms with Gasteiger partial charge in [-0.05, 0) is 54.3 Å². The van der Waals surface area contributed by atoms with E-state index in [1.807, 2.05) is 37.3 Å². The summed E-state index contributed by atoms with van der Waals surface area (Å²) >= 11 is 12.2. The summed E-state index contributed by atoms with van der Waals surface area (Å²) in [5.74, 6) is -0.265. The van der Waals surface area contributed by atoms with Crippen LogP contribution in [-0.4, -0.2) is 29.3 Å². The van der Waals surface area contributed by atoms with Crippen LogP contribution in [0.5, 0.6) is 0 Å². The fourth-order valence-electron chi connectivity index (χ4n) is 3.63. The first-order chi connectivity index (χ1) is 14.9. The fraction of sp³-hybridized carbons (Fsp3) is 0.280. The summed E-state index contributed by atoms with van der Waals surface area (Å²) in [7, 11) is 0. The van der Waals surface area contributed by atoms with Gasteiger partial charge >= 0.3 is 0 Å². The second-order valence-corrected chi connectivity index (χ2v) is 8.29. The number of halogens is 2. The van der Waals surface area contributed by atoms with Gasteiger partial charge in [0.2, 0.25) is 11.8 Å². The third-order valence-electron chi connectivity index (χ3n) is 5.34. The minimum atomic E-state index is -0.602. The molecule has 4 nitrogen and oxygen atoms in total. The van der Waals surface area contributed by atoms with E-state index >= 15 is 0 Å². The van der Waals surface area contributed by atoms with Gasteiger partial charge in [-0.25, -0.2) is 0 Å². The summed E-state index contributed by atoms with van der Waals surface area (Å²) in [5, 5.41) is 5.98. The van der Waals surface area contributed by atoms with Crippen molar-refractivity contribution < 1.29 is 9.59 Å². The minimum absolute atomic E-state index is 0.0854. The van der Waals surface area contributed by atoms with Gasteiger partial charge in [0.05, 0.1) is 10.0 Å². The lowest BCUT2D eigenvalue weighted by atomic mass is 10.0. The van der Waals surface area contributed by atoms with Crippen LogP contribution in [0.3, 0.4) is 0 Å². The lowest BCUT2D eigenvalue weighted by Crippen LogP contribution is -2.47. The second kappa shape index (κ2) is 10.7. The summed E-state index contributed by atoms with van der Waals surface area (Å²) in [4.78, 5) is 27.3. The number of hydrogen-bond donors (Lipinski definition) is 1. The molecule has 3 aromatic carbocycles. The molecule has 1 N–H and O–H groups in total. The molecule has 0 aliphatic rings. The number of benzene rings is 3. The van der Waals surface area contributed by atoms with E-state index in [0.717, 1.165) is 21.9 Å². The lowest BCUT2D eigenvalue weighted by Gasteiger charge is -2.29. The molecule has 0 bridgehead atoms. The van der Waals surface area contributed by atoms with Crippen LogP contribution >= 0.6 is 23.2 Å². The van der Waals surface area contributed by atoms with Gasteiger partial charge < -0.3 is 10.2 Å². The van der Waals surface area contributed by atoms with E-state index in [1.54, 1.807) is 24.0 Å². The maximum atomic E-state index is 13.2. The Morgan fingerprint density at radius 3 is 2.48 bits per heavy atom. The largest absolute Gasteiger partial charge is 0.355 e. The Hall–Kier alpha value is -2.56. The molecule has 3 aromatic rings. The number of carbonyl (C=O) groups is 2. The SMILES string of the molecule is CCNC(=O)[C@H](C)N(Cc1ccc(Cl)c(Cl)c1)C(=O)CCc1cccc2ccccc12. The number of aryl methyl sites for hydroxylation is 1. The quantitative estimate of drug-likeness (QED) is 0.477. The van der Waals surface area contributed by atoms with Gasteiger partial charge in [-0.2, -0.15) is 0 Å². The first-order valence-electron chi connectivity index (χ1n) is 10.4. The zero-order valence-corrected chi connectivity index (χ0v) is 19.2. The van der Waals surface area contributed by atoms with Gasteiger partial charge in [-0.3, -0.25) is 9.59 Å². The van der Waals surface area contributed by atoms with Crippen molar-refractivity contribution in [2.75, 3.05) is 6.54 Å². The van der Waals surface area contributed by atoms with E-state index in [-0.39, 0.29) is 18.4 Å². The van der Waals surface area contributed by atoms with E-state index in [2.05, 4.69) is 23.5 Å². The van der Waals surface area contributed by atoms with Crippen molar-refractivity contribution in [2.45, 2.75) is 39.3 Å². The third kappa shape index (κ3) is 5.78. The van der Waals surface area contributed by atoms with Crippen LogP contribution in [0, 0.1) is 0 Å². The number of nitrogens with zero attached hydrogens (tertiary/aromatic N) is 1. The minimum Gasteiger partial charge on any atom is -0.355 e. The van der Waals surface area contributed by atoms with Gasteiger partial charge in [0.1, 0.15) is 6.04 Å². The highest BCUT2D eigenvalue weighted by Crippen LogP contribution is 2.24. The first-order valence-corrected chi connectivity index (χ1v) is 11.1. The molecule has 0 aromatic heterocycles. The maximum absolute atomic E-state index is 13.2. The summed E-state index contributed by atoms with van der Waals surface area (Å²) < 4.78 is 0. The normalized spacial score (nSPS) is 11.9. The van der Waals surface area contributed by atoms with Gasteiger partial charge in [-0.1, -0.05) is 71.7 Å². The summed E-state index contributed by atoms with van der Waals surface area (Å²) in [6.07, 6.45) is 0.902. The Bertz CT molecular complexity index is 1080. The Kier molecular flexibility index (Phi) is 7.94. The van der Waals surface area contributed by atoms with E-state index in [1.165, 1.54) is 0 Å². The van der Waals surface area contributed by atoms with Crippen LogP contribution < -0.4 is 5.32 Å². The molecule has 0 spiro atoms. The van der Waals surface area contributed by atoms with E-state index in [0.29, 0.717) is 29.4 Å². The molecule has 0 saturated carbocycles. The Morgan fingerprint density at radius 2 is 1.74 bits per heavy atom. The molecular weight excluding hydrogens is 431 g/mol. The molecule has 2 amide bonds. The molecule has 1 atom stereocenters. The Morgan fingerprint density at radius 1 is 1.00 bits per heavy atom. The number of nitrogens with one attached hydrogen (secondary N) is 1. The monoisotopic (exact) mass is 456 g/mol. The average molecular weight is 457 g/mol. The van der Waals surface area contributed by atoms with Crippen LogP contribution in [0.2, 0.25) is 10.0 Å². The molecule has 0 aliphatic heterocycles. The summed E-state index contributed by atoms with van der Waals surface area (Å²) in [5.41, 5.74) is 1.94. The van der Waals surface area contributed by atoms with E-state index in [4.69, 9.17) is 23.2 Å². The predicted molar refractivity (Wildman–Crippen MR) is 127 cm³/mol. The molecule has 0 heterocycles. The van der Waals surface area contributed by atoms with Crippen LogP contribution in [0.15, 0.2) is 60.7 Å². The predicted octanol–water partition coefficient (Wildman–Crippen LogP) is 5.63. The third-order valence-corrected chi connectivity index (χ3v) is 6.08. The van der Waals surface area contributed by atoms with Crippen LogP contribution in [-0.2, 0) is 22.6 Å². The maximum Gasteiger partial charge on any atom is 0.242 e. The van der Waals surface area contributed by atoms with Crippen molar-refractivity contribution >= 4 is 45.8 Å². The summed E-state index contributed by atoms with van der Waals surface area (Å²) in [6, 6.07) is 18.9. The topological polar surface area (TPSA) is 49.4 Å². The summed E-state index contributed by atoms with van der Waals surface area (Å²) in [6.45, 7) is 4.39. The molecule has 3 rings (SSSR count). The number of hydrogen-bond acceptors (Lipinski definition) is 2. The lowest BCUT2D eigenvalue weighted by molar-refractivity contribution is -0.140. The average Bonchev–Trinajstić information content (AvgIpc) is 2.77. The van der Waals surface area contributed by atoms with Gasteiger partial charge in [0.25, 0.3) is 0 Å². The molecule has 0 fully saturated rings. The second-order valence-electron chi connectivity index (χ2n) is 7.48. The van der Waals surface area contributed by atoms with Crippen molar-refractivity contribution in [3.05, 3.63) is 81.8 Å². The smallest absolute Gasteiger partial charge is 0.242 e. The van der Waals surface area contributed by atoms with E-state index in [9.17, 15) is 9.59 Å². The van der Waals surface area contributed by atoms with Crippen molar-refractivity contribution in [3.63, 3.8) is 0 Å². The fourth-order valence-corrected chi connectivity index (χ4v) is 3.96. The van der Waals surface area contributed by atoms with E-state index < -0.39 is 6.04 Å². The van der Waals surface area contributed by atoms with Crippen molar-refractivity contribution in [1.29, 1.82) is 0 Å². The molecule has 31 heavy (non-hydrogen) atoms. The molecule has 6 heteroatoms. The number of carbonyl (C=O) groups excluding carboxylic acids is 2. The zero-order valence-electron chi connectivity index (χ0n) is 17.7. The first kappa shape index (κ1) is 23.1. The number of amides is 2. The van der Waals surface area contributed by atoms with Crippen LogP contribution in [0.25, 0.3) is 10.8 Å². The Labute approximate surface area is 193 Å². The molecule has 0 saturated heterocycles. The highest BCUT2D eigenvalue weighted by molar-refractivity contribution is 6.42. The molecular formula is C25H26Cl2N2O2. The van der Waals surface area contributed by atoms with Gasteiger partial charge in [0, 0.05) is 19.5 Å². The molecule has 0 aliphatic carbocycles. The van der Waals surface area contributed by atoms with Crippen molar-refractivity contribution in [2.24, 2.45) is 0 Å². The highest BCUT2D eigenvalue weighted by Gasteiger charge is 2.25. The highest BCUT2D eigenvalue weighted by atomic mass is 35.5. The molecule has 0 unspecified atom stereocenters. The van der Waals surface area contributed by atoms with Gasteiger partial charge in [0.15, 0.2) is 0 Å². The number of likely N-dealkylation sites (N-methyl/N-ethyl adjacent to an activating group) is 1. The Balaban J connectivity index is 1.80. The van der Waals surface area contributed by atoms with Gasteiger partial charge in [-0.15, -0.1) is 0 Å². The standard InChI is InChI=1S/C25H26Cl2N2O2/c1-3-28-25(31)17(2)29(16-18-11-13-22(26)23(27)15-18)24(30)14-12-20-9-6-8-19-7-4-5-10-21(19)20/h4-11,13,15,17H,3,12,14,16H2,1-2H3,(H,28,31)/t17-/m0/s1. The number of rotatable bonds is 8. The van der Waals surface area contributed by atoms with Crippen LogP contribution in [0.1, 0.15) is 31.4 Å². The molecule has 0 radical (unpaired) electrons. The van der Waals surface area contributed by atoms with Crippen molar-refractivity contribution in [1.82, 2.24) is 10.2 Å².